The normalized spacial score (nSPS) is 23.6. The summed E-state index contributed by atoms with van der Waals surface area (Å²) in [7, 11) is 0. The first-order valence-electron chi connectivity index (χ1n) is 6.56. The molecule has 0 aliphatic heterocycles. The number of hydrogen-bond donors (Lipinski definition) is 0. The van der Waals surface area contributed by atoms with Crippen molar-refractivity contribution >= 4 is 0 Å². The van der Waals surface area contributed by atoms with Crippen molar-refractivity contribution in [3.05, 3.63) is 0 Å². The summed E-state index contributed by atoms with van der Waals surface area (Å²) < 4.78 is 0. The zero-order valence-electron chi connectivity index (χ0n) is 10.7. The summed E-state index contributed by atoms with van der Waals surface area (Å²) in [5, 5.41) is 0. The van der Waals surface area contributed by atoms with Gasteiger partial charge >= 0.3 is 0 Å². The zero-order chi connectivity index (χ0) is 10.7. The van der Waals surface area contributed by atoms with Crippen molar-refractivity contribution in [2.45, 2.75) is 60.3 Å². The van der Waals surface area contributed by atoms with Gasteiger partial charge in [0.05, 0.1) is 0 Å². The van der Waals surface area contributed by atoms with Crippen LogP contribution in [0.5, 0.6) is 0 Å². The second-order valence-electron chi connectivity index (χ2n) is 5.83. The van der Waals surface area contributed by atoms with Gasteiger partial charge in [0.15, 0.2) is 0 Å². The Labute approximate surface area is 90.5 Å². The van der Waals surface area contributed by atoms with Crippen LogP contribution in [-0.4, -0.2) is 0 Å². The molecule has 0 spiro atoms. The Morgan fingerprint density at radius 3 is 2.00 bits per heavy atom. The molecule has 1 aliphatic rings. The lowest BCUT2D eigenvalue weighted by Gasteiger charge is -2.31. The van der Waals surface area contributed by atoms with Crippen molar-refractivity contribution < 1.29 is 0 Å². The summed E-state index contributed by atoms with van der Waals surface area (Å²) in [5.74, 6) is 4.74. The van der Waals surface area contributed by atoms with Crippen molar-refractivity contribution in [3.63, 3.8) is 0 Å². The summed E-state index contributed by atoms with van der Waals surface area (Å²) in [4.78, 5) is 0. The molecule has 1 saturated carbocycles. The van der Waals surface area contributed by atoms with Crippen LogP contribution < -0.4 is 0 Å². The molecular formula is C14H28. The van der Waals surface area contributed by atoms with Gasteiger partial charge in [-0.15, -0.1) is 0 Å². The highest BCUT2D eigenvalue weighted by molar-refractivity contribution is 4.80. The molecule has 0 heterocycles. The Morgan fingerprint density at radius 1 is 1.07 bits per heavy atom. The molecule has 0 bridgehead atoms. The van der Waals surface area contributed by atoms with E-state index in [9.17, 15) is 0 Å². The lowest BCUT2D eigenvalue weighted by Crippen LogP contribution is -2.23. The first kappa shape index (κ1) is 12.1. The Balaban J connectivity index is 2.38. The Hall–Kier alpha value is 0. The second kappa shape index (κ2) is 5.19. The molecule has 0 nitrogen and oxygen atoms in total. The topological polar surface area (TPSA) is 0 Å². The molecule has 0 radical (unpaired) electrons. The van der Waals surface area contributed by atoms with Gasteiger partial charge in [0.25, 0.3) is 0 Å². The first-order valence-corrected chi connectivity index (χ1v) is 6.56. The largest absolute Gasteiger partial charge is 0.0651 e. The van der Waals surface area contributed by atoms with E-state index in [-0.39, 0.29) is 0 Å². The maximum Gasteiger partial charge on any atom is -0.0365 e. The maximum absolute atomic E-state index is 2.47. The average Bonchev–Trinajstić information content (AvgIpc) is 2.88. The SMILES string of the molecule is CCC(C(C)C)C(C)C(C)CC1CC1. The predicted octanol–water partition coefficient (Wildman–Crippen LogP) is 4.74. The summed E-state index contributed by atoms with van der Waals surface area (Å²) in [6, 6.07) is 0. The Morgan fingerprint density at radius 2 is 1.64 bits per heavy atom. The number of rotatable bonds is 6. The van der Waals surface area contributed by atoms with Gasteiger partial charge < -0.3 is 0 Å². The van der Waals surface area contributed by atoms with Gasteiger partial charge in [-0.2, -0.15) is 0 Å². The molecule has 0 aromatic heterocycles. The van der Waals surface area contributed by atoms with Crippen molar-refractivity contribution in [2.75, 3.05) is 0 Å². The van der Waals surface area contributed by atoms with E-state index in [0.717, 1.165) is 29.6 Å². The van der Waals surface area contributed by atoms with Crippen molar-refractivity contribution in [1.82, 2.24) is 0 Å². The van der Waals surface area contributed by atoms with E-state index in [1.165, 1.54) is 25.7 Å². The molecule has 1 fully saturated rings. The third-order valence-electron chi connectivity index (χ3n) is 4.30. The van der Waals surface area contributed by atoms with Gasteiger partial charge in [-0.1, -0.05) is 53.9 Å². The molecule has 0 aromatic carbocycles. The molecule has 0 N–H and O–H groups in total. The Bertz CT molecular complexity index is 155. The molecule has 1 rings (SSSR count). The molecule has 14 heavy (non-hydrogen) atoms. The van der Waals surface area contributed by atoms with Gasteiger partial charge in [-0.3, -0.25) is 0 Å². The lowest BCUT2D eigenvalue weighted by molar-refractivity contribution is 0.186. The minimum atomic E-state index is 0.858. The van der Waals surface area contributed by atoms with Gasteiger partial charge in [-0.25, -0.2) is 0 Å². The smallest absolute Gasteiger partial charge is 0.0365 e. The van der Waals surface area contributed by atoms with E-state index < -0.39 is 0 Å². The summed E-state index contributed by atoms with van der Waals surface area (Å²) in [6.45, 7) is 12.1. The van der Waals surface area contributed by atoms with Gasteiger partial charge in [0.2, 0.25) is 0 Å². The standard InChI is InChI=1S/C14H28/c1-6-14(10(2)3)12(5)11(4)9-13-7-8-13/h10-14H,6-9H2,1-5H3. The maximum atomic E-state index is 2.47. The summed E-state index contributed by atoms with van der Waals surface area (Å²) in [5.41, 5.74) is 0. The van der Waals surface area contributed by atoms with E-state index in [1.807, 2.05) is 0 Å². The molecule has 1 aliphatic carbocycles. The van der Waals surface area contributed by atoms with Gasteiger partial charge in [-0.05, 0) is 36.0 Å². The van der Waals surface area contributed by atoms with E-state index in [0.29, 0.717) is 0 Å². The van der Waals surface area contributed by atoms with Crippen LogP contribution in [0.15, 0.2) is 0 Å². The second-order valence-corrected chi connectivity index (χ2v) is 5.83. The molecule has 84 valence electrons. The van der Waals surface area contributed by atoms with E-state index in [2.05, 4.69) is 34.6 Å². The minimum Gasteiger partial charge on any atom is -0.0651 e. The van der Waals surface area contributed by atoms with E-state index in [4.69, 9.17) is 0 Å². The first-order chi connectivity index (χ1) is 6.56. The highest BCUT2D eigenvalue weighted by Gasteiger charge is 2.29. The highest BCUT2D eigenvalue weighted by atomic mass is 14.3. The van der Waals surface area contributed by atoms with E-state index >= 15 is 0 Å². The van der Waals surface area contributed by atoms with Crippen LogP contribution in [-0.2, 0) is 0 Å². The van der Waals surface area contributed by atoms with Crippen LogP contribution in [0.2, 0.25) is 0 Å². The highest BCUT2D eigenvalue weighted by Crippen LogP contribution is 2.40. The minimum absolute atomic E-state index is 0.858. The fourth-order valence-corrected chi connectivity index (χ4v) is 2.97. The van der Waals surface area contributed by atoms with Crippen molar-refractivity contribution in [3.8, 4) is 0 Å². The van der Waals surface area contributed by atoms with Gasteiger partial charge in [0, 0.05) is 0 Å². The van der Waals surface area contributed by atoms with Crippen molar-refractivity contribution in [2.24, 2.45) is 29.6 Å². The Kier molecular flexibility index (Phi) is 4.47. The molecule has 3 unspecified atom stereocenters. The van der Waals surface area contributed by atoms with E-state index in [1.54, 1.807) is 0 Å². The molecular weight excluding hydrogens is 168 g/mol. The van der Waals surface area contributed by atoms with Crippen LogP contribution in [0.1, 0.15) is 60.3 Å². The number of hydrogen-bond acceptors (Lipinski definition) is 0. The van der Waals surface area contributed by atoms with Crippen molar-refractivity contribution in [1.29, 1.82) is 0 Å². The molecule has 0 saturated heterocycles. The third kappa shape index (κ3) is 3.29. The zero-order valence-corrected chi connectivity index (χ0v) is 10.7. The van der Waals surface area contributed by atoms with Crippen LogP contribution >= 0.6 is 0 Å². The van der Waals surface area contributed by atoms with Crippen LogP contribution in [0, 0.1) is 29.6 Å². The summed E-state index contributed by atoms with van der Waals surface area (Å²) >= 11 is 0. The fraction of sp³-hybridized carbons (Fsp3) is 1.00. The van der Waals surface area contributed by atoms with Crippen LogP contribution in [0.3, 0.4) is 0 Å². The predicted molar refractivity (Wildman–Crippen MR) is 64.3 cm³/mol. The monoisotopic (exact) mass is 196 g/mol. The third-order valence-corrected chi connectivity index (χ3v) is 4.30. The molecule has 0 heteroatoms. The van der Waals surface area contributed by atoms with Gasteiger partial charge in [0.1, 0.15) is 0 Å². The summed E-state index contributed by atoms with van der Waals surface area (Å²) in [6.07, 6.45) is 5.86. The van der Waals surface area contributed by atoms with Crippen LogP contribution in [0.25, 0.3) is 0 Å². The lowest BCUT2D eigenvalue weighted by atomic mass is 9.75. The molecule has 0 amide bonds. The molecule has 3 atom stereocenters. The van der Waals surface area contributed by atoms with Crippen LogP contribution in [0.4, 0.5) is 0 Å². The fourth-order valence-electron chi connectivity index (χ4n) is 2.97. The average molecular weight is 196 g/mol. The molecule has 0 aromatic rings. The quantitative estimate of drug-likeness (QED) is 0.575.